The van der Waals surface area contributed by atoms with E-state index in [1.165, 1.54) is 12.0 Å². The van der Waals surface area contributed by atoms with E-state index in [0.717, 1.165) is 36.6 Å². The number of benzene rings is 1. The van der Waals surface area contributed by atoms with Crippen LogP contribution in [0.1, 0.15) is 37.7 Å². The second kappa shape index (κ2) is 5.62. The van der Waals surface area contributed by atoms with Crippen molar-refractivity contribution in [3.8, 4) is 0 Å². The van der Waals surface area contributed by atoms with Gasteiger partial charge >= 0.3 is 0 Å². The number of ketones is 1. The average molecular weight is 281 g/mol. The number of hydrogen-bond acceptors (Lipinski definition) is 1. The van der Waals surface area contributed by atoms with Crippen molar-refractivity contribution in [2.45, 2.75) is 38.5 Å². The van der Waals surface area contributed by atoms with Crippen LogP contribution in [0, 0.1) is 5.92 Å². The summed E-state index contributed by atoms with van der Waals surface area (Å²) in [5.41, 5.74) is 1.33. The smallest absolute Gasteiger partial charge is 0.135 e. The van der Waals surface area contributed by atoms with E-state index in [2.05, 4.69) is 34.1 Å². The van der Waals surface area contributed by atoms with Gasteiger partial charge < -0.3 is 0 Å². The zero-order chi connectivity index (χ0) is 11.4. The van der Waals surface area contributed by atoms with Crippen LogP contribution in [-0.4, -0.2) is 5.78 Å². The Morgan fingerprint density at radius 2 is 2.19 bits per heavy atom. The van der Waals surface area contributed by atoms with Crippen LogP contribution in [0.25, 0.3) is 0 Å². The summed E-state index contributed by atoms with van der Waals surface area (Å²) in [4.78, 5) is 11.7. The van der Waals surface area contributed by atoms with E-state index in [-0.39, 0.29) is 0 Å². The standard InChI is InChI=1S/C14H17BrO/c15-13-6-3-4-11(10-13)8-9-12-5-1-2-7-14(12)16/h3-4,6,10,12H,1-2,5,7-9H2. The van der Waals surface area contributed by atoms with Crippen molar-refractivity contribution >= 4 is 21.7 Å². The Morgan fingerprint density at radius 1 is 1.31 bits per heavy atom. The van der Waals surface area contributed by atoms with Gasteiger partial charge in [0.2, 0.25) is 0 Å². The molecule has 0 aromatic heterocycles. The van der Waals surface area contributed by atoms with Gasteiger partial charge in [0.15, 0.2) is 0 Å². The molecule has 1 aromatic carbocycles. The van der Waals surface area contributed by atoms with Gasteiger partial charge in [0, 0.05) is 16.8 Å². The van der Waals surface area contributed by atoms with E-state index < -0.39 is 0 Å². The fourth-order valence-electron chi connectivity index (χ4n) is 2.39. The molecule has 1 nitrogen and oxygen atoms in total. The van der Waals surface area contributed by atoms with Gasteiger partial charge in [-0.15, -0.1) is 0 Å². The summed E-state index contributed by atoms with van der Waals surface area (Å²) in [5, 5.41) is 0. The highest BCUT2D eigenvalue weighted by Gasteiger charge is 2.21. The van der Waals surface area contributed by atoms with Crippen LogP contribution in [0.3, 0.4) is 0 Å². The average Bonchev–Trinajstić information content (AvgIpc) is 2.28. The third-order valence-electron chi connectivity index (χ3n) is 3.35. The first-order valence-corrected chi connectivity index (χ1v) is 6.82. The Bertz CT molecular complexity index is 373. The molecule has 1 aliphatic carbocycles. The summed E-state index contributed by atoms with van der Waals surface area (Å²) in [6.07, 6.45) is 6.29. The predicted octanol–water partition coefficient (Wildman–Crippen LogP) is 4.14. The summed E-state index contributed by atoms with van der Waals surface area (Å²) in [6, 6.07) is 8.38. The zero-order valence-electron chi connectivity index (χ0n) is 9.42. The first-order valence-electron chi connectivity index (χ1n) is 6.03. The molecule has 0 bridgehead atoms. The predicted molar refractivity (Wildman–Crippen MR) is 69.4 cm³/mol. The minimum atomic E-state index is 0.327. The van der Waals surface area contributed by atoms with Crippen LogP contribution in [0.5, 0.6) is 0 Å². The van der Waals surface area contributed by atoms with Crippen molar-refractivity contribution in [3.63, 3.8) is 0 Å². The lowest BCUT2D eigenvalue weighted by atomic mass is 9.84. The first kappa shape index (κ1) is 11.8. The van der Waals surface area contributed by atoms with E-state index in [9.17, 15) is 4.79 Å². The van der Waals surface area contributed by atoms with Gasteiger partial charge in [-0.25, -0.2) is 0 Å². The number of Topliss-reactive ketones (excluding diaryl/α,β-unsaturated/α-hetero) is 1. The van der Waals surface area contributed by atoms with Gasteiger partial charge in [0.1, 0.15) is 5.78 Å². The maximum Gasteiger partial charge on any atom is 0.135 e. The van der Waals surface area contributed by atoms with E-state index >= 15 is 0 Å². The summed E-state index contributed by atoms with van der Waals surface area (Å²) in [7, 11) is 0. The molecule has 1 fully saturated rings. The SMILES string of the molecule is O=C1CCCCC1CCc1cccc(Br)c1. The molecule has 1 unspecified atom stereocenters. The van der Waals surface area contributed by atoms with Crippen LogP contribution in [0.4, 0.5) is 0 Å². The van der Waals surface area contributed by atoms with Gasteiger partial charge in [-0.1, -0.05) is 34.5 Å². The zero-order valence-corrected chi connectivity index (χ0v) is 11.0. The van der Waals surface area contributed by atoms with E-state index in [4.69, 9.17) is 0 Å². The quantitative estimate of drug-likeness (QED) is 0.813. The third-order valence-corrected chi connectivity index (χ3v) is 3.84. The van der Waals surface area contributed by atoms with Crippen LogP contribution >= 0.6 is 15.9 Å². The van der Waals surface area contributed by atoms with Crippen molar-refractivity contribution in [3.05, 3.63) is 34.3 Å². The number of halogens is 1. The fourth-order valence-corrected chi connectivity index (χ4v) is 2.84. The Balaban J connectivity index is 1.89. The van der Waals surface area contributed by atoms with Crippen molar-refractivity contribution in [2.75, 3.05) is 0 Å². The number of carbonyl (C=O) groups excluding carboxylic acids is 1. The molecular weight excluding hydrogens is 264 g/mol. The van der Waals surface area contributed by atoms with Gasteiger partial charge in [-0.3, -0.25) is 4.79 Å². The van der Waals surface area contributed by atoms with Crippen molar-refractivity contribution < 1.29 is 4.79 Å². The maximum absolute atomic E-state index is 11.7. The highest BCUT2D eigenvalue weighted by molar-refractivity contribution is 9.10. The van der Waals surface area contributed by atoms with Gasteiger partial charge in [-0.2, -0.15) is 0 Å². The Labute approximate surface area is 105 Å². The highest BCUT2D eigenvalue weighted by atomic mass is 79.9. The van der Waals surface area contributed by atoms with Crippen molar-refractivity contribution in [1.29, 1.82) is 0 Å². The molecule has 16 heavy (non-hydrogen) atoms. The summed E-state index contributed by atoms with van der Waals surface area (Å²) in [6.45, 7) is 0. The monoisotopic (exact) mass is 280 g/mol. The van der Waals surface area contributed by atoms with E-state index in [0.29, 0.717) is 11.7 Å². The Kier molecular flexibility index (Phi) is 4.16. The first-order chi connectivity index (χ1) is 7.75. The topological polar surface area (TPSA) is 17.1 Å². The lowest BCUT2D eigenvalue weighted by Gasteiger charge is -2.20. The molecule has 2 rings (SSSR count). The molecule has 1 atom stereocenters. The largest absolute Gasteiger partial charge is 0.299 e. The fraction of sp³-hybridized carbons (Fsp3) is 0.500. The highest BCUT2D eigenvalue weighted by Crippen LogP contribution is 2.25. The molecule has 1 saturated carbocycles. The molecular formula is C14H17BrO. The number of carbonyl (C=O) groups is 1. The summed E-state index contributed by atoms with van der Waals surface area (Å²) in [5.74, 6) is 0.814. The third kappa shape index (κ3) is 3.18. The molecule has 0 spiro atoms. The lowest BCUT2D eigenvalue weighted by Crippen LogP contribution is -2.19. The molecule has 0 heterocycles. The molecule has 0 amide bonds. The molecule has 0 radical (unpaired) electrons. The molecule has 86 valence electrons. The van der Waals surface area contributed by atoms with Crippen molar-refractivity contribution in [1.82, 2.24) is 0 Å². The lowest BCUT2D eigenvalue weighted by molar-refractivity contribution is -0.124. The number of hydrogen-bond donors (Lipinski definition) is 0. The number of rotatable bonds is 3. The van der Waals surface area contributed by atoms with Crippen LogP contribution in [0.15, 0.2) is 28.7 Å². The van der Waals surface area contributed by atoms with Gasteiger partial charge in [-0.05, 0) is 43.4 Å². The summed E-state index contributed by atoms with van der Waals surface area (Å²) >= 11 is 3.47. The minimum absolute atomic E-state index is 0.327. The van der Waals surface area contributed by atoms with Crippen LogP contribution in [-0.2, 0) is 11.2 Å². The minimum Gasteiger partial charge on any atom is -0.299 e. The maximum atomic E-state index is 11.7. The molecule has 0 N–H and O–H groups in total. The summed E-state index contributed by atoms with van der Waals surface area (Å²) < 4.78 is 1.12. The second-order valence-corrected chi connectivity index (χ2v) is 5.49. The number of aryl methyl sites for hydroxylation is 1. The van der Waals surface area contributed by atoms with Gasteiger partial charge in [0.25, 0.3) is 0 Å². The van der Waals surface area contributed by atoms with E-state index in [1.807, 2.05) is 6.07 Å². The molecule has 1 aromatic rings. The Hall–Kier alpha value is -0.630. The molecule has 1 aliphatic rings. The molecule has 0 aliphatic heterocycles. The normalized spacial score (nSPS) is 21.1. The molecule has 2 heteroatoms. The molecule has 0 saturated heterocycles. The Morgan fingerprint density at radius 3 is 2.94 bits per heavy atom. The van der Waals surface area contributed by atoms with Crippen LogP contribution in [0.2, 0.25) is 0 Å². The van der Waals surface area contributed by atoms with E-state index in [1.54, 1.807) is 0 Å². The van der Waals surface area contributed by atoms with Crippen molar-refractivity contribution in [2.24, 2.45) is 5.92 Å². The van der Waals surface area contributed by atoms with Gasteiger partial charge in [0.05, 0.1) is 0 Å². The second-order valence-electron chi connectivity index (χ2n) is 4.58. The van der Waals surface area contributed by atoms with Crippen LogP contribution < -0.4 is 0 Å².